The molecule has 0 saturated carbocycles. The molecule has 0 radical (unpaired) electrons. The molecule has 0 atom stereocenters. The highest BCUT2D eigenvalue weighted by Crippen LogP contribution is 2.21. The fraction of sp³-hybridized carbons (Fsp3) is 0.500. The summed E-state index contributed by atoms with van der Waals surface area (Å²) in [6.45, 7) is 7.22. The second-order valence-corrected chi connectivity index (χ2v) is 4.79. The van der Waals surface area contributed by atoms with Crippen LogP contribution < -0.4 is 4.90 Å². The molecule has 0 aromatic heterocycles. The van der Waals surface area contributed by atoms with E-state index in [1.165, 1.54) is 22.6 Å². The molecule has 0 spiro atoms. The van der Waals surface area contributed by atoms with Crippen LogP contribution in [0.3, 0.4) is 0 Å². The third-order valence-corrected chi connectivity index (χ3v) is 3.54. The number of anilines is 1. The number of aliphatic imine (C=N–C) groups is 1. The Labute approximate surface area is 104 Å². The maximum absolute atomic E-state index is 4.54. The van der Waals surface area contributed by atoms with Crippen LogP contribution in [0.4, 0.5) is 5.69 Å². The molecule has 0 aliphatic carbocycles. The Morgan fingerprint density at radius 3 is 2.76 bits per heavy atom. The number of rotatable bonds is 3. The Hall–Kier alpha value is -1.51. The summed E-state index contributed by atoms with van der Waals surface area (Å²) in [6, 6.07) is 6.46. The molecule has 1 aromatic rings. The van der Waals surface area contributed by atoms with Crippen LogP contribution in [0.1, 0.15) is 11.1 Å². The van der Waals surface area contributed by atoms with Gasteiger partial charge in [0.15, 0.2) is 0 Å². The van der Waals surface area contributed by atoms with Crippen molar-refractivity contribution in [2.24, 2.45) is 4.99 Å². The normalized spacial score (nSPS) is 15.1. The van der Waals surface area contributed by atoms with E-state index in [1.54, 1.807) is 0 Å². The van der Waals surface area contributed by atoms with Crippen LogP contribution in [0, 0.1) is 13.8 Å². The summed E-state index contributed by atoms with van der Waals surface area (Å²) >= 11 is 0. The maximum atomic E-state index is 4.54. The third-order valence-electron chi connectivity index (χ3n) is 3.54. The summed E-state index contributed by atoms with van der Waals surface area (Å²) in [5.41, 5.74) is 4.00. The van der Waals surface area contributed by atoms with Gasteiger partial charge in [0.25, 0.3) is 0 Å². The van der Waals surface area contributed by atoms with Gasteiger partial charge >= 0.3 is 0 Å². The van der Waals surface area contributed by atoms with Crippen LogP contribution in [0.5, 0.6) is 0 Å². The van der Waals surface area contributed by atoms with Crippen molar-refractivity contribution < 1.29 is 0 Å². The molecule has 1 aliphatic heterocycles. The van der Waals surface area contributed by atoms with Crippen molar-refractivity contribution in [3.8, 4) is 0 Å². The fourth-order valence-corrected chi connectivity index (χ4v) is 2.20. The Balaban J connectivity index is 2.14. The largest absolute Gasteiger partial charge is 0.367 e. The summed E-state index contributed by atoms with van der Waals surface area (Å²) < 4.78 is 0. The van der Waals surface area contributed by atoms with Gasteiger partial charge in [-0.15, -0.1) is 0 Å². The average molecular weight is 231 g/mol. The highest BCUT2D eigenvalue weighted by molar-refractivity contribution is 5.88. The minimum atomic E-state index is 0.890. The van der Waals surface area contributed by atoms with Crippen LogP contribution in [0.2, 0.25) is 0 Å². The van der Waals surface area contributed by atoms with Gasteiger partial charge in [-0.25, -0.2) is 0 Å². The van der Waals surface area contributed by atoms with E-state index in [0.29, 0.717) is 0 Å². The van der Waals surface area contributed by atoms with Gasteiger partial charge in [0.05, 0.1) is 13.1 Å². The lowest BCUT2D eigenvalue weighted by atomic mass is 10.1. The van der Waals surface area contributed by atoms with E-state index in [2.05, 4.69) is 60.9 Å². The van der Waals surface area contributed by atoms with Crippen molar-refractivity contribution in [3.63, 3.8) is 0 Å². The minimum Gasteiger partial charge on any atom is -0.367 e. The zero-order valence-corrected chi connectivity index (χ0v) is 11.2. The third kappa shape index (κ3) is 2.43. The standard InChI is InChI=1S/C14H21N3/c1-11-6-5-7-13(12(11)2)17(4)10-14-15-8-9-16(14)3/h5-7H,8-10H2,1-4H3. The average Bonchev–Trinajstić information content (AvgIpc) is 2.68. The van der Waals surface area contributed by atoms with Crippen molar-refractivity contribution in [3.05, 3.63) is 29.3 Å². The molecule has 17 heavy (non-hydrogen) atoms. The number of aryl methyl sites for hydroxylation is 1. The molecule has 2 rings (SSSR count). The Kier molecular flexibility index (Phi) is 3.36. The molecular weight excluding hydrogens is 210 g/mol. The topological polar surface area (TPSA) is 18.8 Å². The van der Waals surface area contributed by atoms with Crippen molar-refractivity contribution in [1.29, 1.82) is 0 Å². The summed E-state index contributed by atoms with van der Waals surface area (Å²) in [4.78, 5) is 9.05. The Bertz CT molecular complexity index is 437. The molecule has 0 amide bonds. The van der Waals surface area contributed by atoms with Crippen LogP contribution in [0.25, 0.3) is 0 Å². The van der Waals surface area contributed by atoms with E-state index >= 15 is 0 Å². The number of nitrogens with zero attached hydrogens (tertiary/aromatic N) is 3. The molecule has 0 saturated heterocycles. The van der Waals surface area contributed by atoms with Crippen molar-refractivity contribution >= 4 is 11.5 Å². The van der Waals surface area contributed by atoms with Gasteiger partial charge in [-0.3, -0.25) is 4.99 Å². The Morgan fingerprint density at radius 1 is 1.35 bits per heavy atom. The first-order valence-corrected chi connectivity index (χ1v) is 6.11. The van der Waals surface area contributed by atoms with E-state index in [1.807, 2.05) is 0 Å². The van der Waals surface area contributed by atoms with Gasteiger partial charge in [-0.1, -0.05) is 12.1 Å². The minimum absolute atomic E-state index is 0.890. The highest BCUT2D eigenvalue weighted by Gasteiger charge is 2.15. The van der Waals surface area contributed by atoms with Gasteiger partial charge < -0.3 is 9.80 Å². The maximum Gasteiger partial charge on any atom is 0.118 e. The first-order valence-electron chi connectivity index (χ1n) is 6.11. The molecule has 92 valence electrons. The van der Waals surface area contributed by atoms with Gasteiger partial charge in [0.2, 0.25) is 0 Å². The highest BCUT2D eigenvalue weighted by atomic mass is 15.3. The molecule has 0 bridgehead atoms. The molecule has 3 heteroatoms. The van der Waals surface area contributed by atoms with Crippen molar-refractivity contribution in [2.45, 2.75) is 13.8 Å². The van der Waals surface area contributed by atoms with Gasteiger partial charge in [-0.05, 0) is 31.0 Å². The molecule has 1 heterocycles. The molecule has 0 N–H and O–H groups in total. The summed E-state index contributed by atoms with van der Waals surface area (Å²) in [6.07, 6.45) is 0. The number of hydrogen-bond acceptors (Lipinski definition) is 3. The molecule has 3 nitrogen and oxygen atoms in total. The lowest BCUT2D eigenvalue weighted by Crippen LogP contribution is -2.34. The van der Waals surface area contributed by atoms with E-state index < -0.39 is 0 Å². The van der Waals surface area contributed by atoms with Crippen LogP contribution in [-0.2, 0) is 0 Å². The van der Waals surface area contributed by atoms with Crippen LogP contribution >= 0.6 is 0 Å². The molecule has 0 fully saturated rings. The van der Waals surface area contributed by atoms with Crippen molar-refractivity contribution in [1.82, 2.24) is 4.90 Å². The van der Waals surface area contributed by atoms with E-state index in [0.717, 1.165) is 19.6 Å². The quantitative estimate of drug-likeness (QED) is 0.793. The molecule has 1 aliphatic rings. The second kappa shape index (κ2) is 4.78. The summed E-state index contributed by atoms with van der Waals surface area (Å²) in [5, 5.41) is 0. The lowest BCUT2D eigenvalue weighted by Gasteiger charge is -2.25. The summed E-state index contributed by atoms with van der Waals surface area (Å²) in [5.74, 6) is 1.19. The molecular formula is C14H21N3. The monoisotopic (exact) mass is 231 g/mol. The van der Waals surface area contributed by atoms with E-state index in [4.69, 9.17) is 0 Å². The van der Waals surface area contributed by atoms with Gasteiger partial charge in [0.1, 0.15) is 5.84 Å². The smallest absolute Gasteiger partial charge is 0.118 e. The Morgan fingerprint density at radius 2 is 2.12 bits per heavy atom. The number of likely N-dealkylation sites (N-methyl/N-ethyl adjacent to an activating group) is 2. The van der Waals surface area contributed by atoms with E-state index in [9.17, 15) is 0 Å². The second-order valence-electron chi connectivity index (χ2n) is 4.79. The van der Waals surface area contributed by atoms with Crippen molar-refractivity contribution in [2.75, 3.05) is 38.6 Å². The predicted molar refractivity (Wildman–Crippen MR) is 74.1 cm³/mol. The SMILES string of the molecule is Cc1cccc(N(C)CC2=NCCN2C)c1C. The van der Waals surface area contributed by atoms with E-state index in [-0.39, 0.29) is 0 Å². The predicted octanol–water partition coefficient (Wildman–Crippen LogP) is 2.08. The lowest BCUT2D eigenvalue weighted by molar-refractivity contribution is 0.548. The number of amidine groups is 1. The van der Waals surface area contributed by atoms with Crippen LogP contribution in [-0.4, -0.2) is 44.5 Å². The molecule has 0 unspecified atom stereocenters. The van der Waals surface area contributed by atoms with Crippen LogP contribution in [0.15, 0.2) is 23.2 Å². The zero-order chi connectivity index (χ0) is 12.4. The van der Waals surface area contributed by atoms with Gasteiger partial charge in [0, 0.05) is 26.3 Å². The number of hydrogen-bond donors (Lipinski definition) is 0. The zero-order valence-electron chi connectivity index (χ0n) is 11.2. The first kappa shape index (κ1) is 12.0. The summed E-state index contributed by atoms with van der Waals surface area (Å²) in [7, 11) is 4.25. The first-order chi connectivity index (χ1) is 8.09. The molecule has 1 aromatic carbocycles. The number of benzene rings is 1. The van der Waals surface area contributed by atoms with Gasteiger partial charge in [-0.2, -0.15) is 0 Å². The fourth-order valence-electron chi connectivity index (χ4n) is 2.20.